The number of Topliss-reactive ketones (excluding diaryl/α,β-unsaturated/α-hetero) is 3. The number of rotatable bonds is 10. The monoisotopic (exact) mass is 831 g/mol. The van der Waals surface area contributed by atoms with E-state index in [1.165, 1.54) is 29.2 Å². The molecule has 2 aliphatic carbocycles. The van der Waals surface area contributed by atoms with Crippen molar-refractivity contribution in [3.63, 3.8) is 0 Å². The summed E-state index contributed by atoms with van der Waals surface area (Å²) in [5.41, 5.74) is 3.16. The maximum Gasteiger partial charge on any atom is 0.410 e. The topological polar surface area (TPSA) is 162 Å². The lowest BCUT2D eigenvalue weighted by Gasteiger charge is -2.30. The highest BCUT2D eigenvalue weighted by Gasteiger charge is 2.69. The van der Waals surface area contributed by atoms with Gasteiger partial charge in [0.2, 0.25) is 5.91 Å². The Kier molecular flexibility index (Phi) is 13.9. The van der Waals surface area contributed by atoms with Gasteiger partial charge < -0.3 is 20.5 Å². The van der Waals surface area contributed by atoms with Crippen LogP contribution in [0.2, 0.25) is 0 Å². The van der Waals surface area contributed by atoms with Gasteiger partial charge in [-0.1, -0.05) is 0 Å². The first-order valence-electron chi connectivity index (χ1n) is 17.7. The number of carbonyl (C=O) groups excluding carboxylic acids is 6. The molecular formula is C39H47Cl2F4N3O8. The van der Waals surface area contributed by atoms with Crippen LogP contribution in [0.3, 0.4) is 0 Å². The van der Waals surface area contributed by atoms with Crippen LogP contribution >= 0.6 is 24.8 Å². The van der Waals surface area contributed by atoms with E-state index in [1.54, 1.807) is 41.5 Å². The lowest BCUT2D eigenvalue weighted by Crippen LogP contribution is -2.46. The Morgan fingerprint density at radius 1 is 0.714 bits per heavy atom. The lowest BCUT2D eigenvalue weighted by atomic mass is 9.93. The first kappa shape index (κ1) is 46.3. The number of amides is 2. The molecule has 0 radical (unpaired) electrons. The Labute approximate surface area is 334 Å². The third-order valence-electron chi connectivity index (χ3n) is 10.1. The molecule has 2 saturated carbocycles. The predicted molar refractivity (Wildman–Crippen MR) is 199 cm³/mol. The summed E-state index contributed by atoms with van der Waals surface area (Å²) in [6.45, 7) is 10.6. The van der Waals surface area contributed by atoms with Crippen molar-refractivity contribution in [3.8, 4) is 0 Å². The smallest absolute Gasteiger partial charge is 0.410 e. The van der Waals surface area contributed by atoms with Crippen LogP contribution in [0.15, 0.2) is 36.4 Å². The van der Waals surface area contributed by atoms with Crippen molar-refractivity contribution in [3.05, 3.63) is 70.8 Å². The van der Waals surface area contributed by atoms with Gasteiger partial charge in [-0.25, -0.2) is 22.4 Å². The number of hydrogen-bond acceptors (Lipinski definition) is 9. The van der Waals surface area contributed by atoms with Crippen molar-refractivity contribution in [2.75, 3.05) is 13.1 Å². The normalized spacial score (nSPS) is 25.5. The average Bonchev–Trinajstić information content (AvgIpc) is 3.83. The fourth-order valence-electron chi connectivity index (χ4n) is 7.91. The molecule has 2 saturated heterocycles. The van der Waals surface area contributed by atoms with Crippen LogP contribution in [-0.4, -0.2) is 76.6 Å². The van der Waals surface area contributed by atoms with Crippen molar-refractivity contribution < 1.29 is 55.8 Å². The molecule has 0 spiro atoms. The zero-order chi connectivity index (χ0) is 40.1. The number of fused-ring (bicyclic) bond motifs is 2. The minimum absolute atomic E-state index is 0. The molecular weight excluding hydrogens is 785 g/mol. The highest BCUT2D eigenvalue weighted by atomic mass is 35.5. The largest absolute Gasteiger partial charge is 0.460 e. The summed E-state index contributed by atoms with van der Waals surface area (Å²) in [4.78, 5) is 74.4. The lowest BCUT2D eigenvalue weighted by molar-refractivity contribution is -0.156. The molecule has 56 heavy (non-hydrogen) atoms. The van der Waals surface area contributed by atoms with Crippen molar-refractivity contribution in [1.29, 1.82) is 0 Å². The molecule has 3 N–H and O–H groups in total. The summed E-state index contributed by atoms with van der Waals surface area (Å²) < 4.78 is 65.0. The Morgan fingerprint density at radius 2 is 1.20 bits per heavy atom. The fourth-order valence-corrected chi connectivity index (χ4v) is 7.91. The second kappa shape index (κ2) is 16.8. The van der Waals surface area contributed by atoms with Gasteiger partial charge in [-0.3, -0.25) is 28.9 Å². The third kappa shape index (κ3) is 10.5. The minimum Gasteiger partial charge on any atom is -0.460 e. The molecule has 6 atom stereocenters. The summed E-state index contributed by atoms with van der Waals surface area (Å²) in [5, 5.41) is 3.04. The number of nitrogens with two attached hydrogens (primary N) is 1. The van der Waals surface area contributed by atoms with Crippen LogP contribution in [0.5, 0.6) is 0 Å². The zero-order valence-corrected chi connectivity index (χ0v) is 33.5. The molecule has 11 nitrogen and oxygen atoms in total. The molecule has 4 aliphatic rings. The number of ether oxygens (including phenoxy) is 2. The van der Waals surface area contributed by atoms with E-state index in [2.05, 4.69) is 5.32 Å². The van der Waals surface area contributed by atoms with E-state index in [9.17, 15) is 46.3 Å². The minimum atomic E-state index is -0.997. The van der Waals surface area contributed by atoms with Crippen LogP contribution in [0.4, 0.5) is 22.4 Å². The van der Waals surface area contributed by atoms with Gasteiger partial charge in [0.25, 0.3) is 0 Å². The summed E-state index contributed by atoms with van der Waals surface area (Å²) in [5.74, 6) is -5.99. The average molecular weight is 833 g/mol. The number of nitrogens with one attached hydrogen (secondary N) is 1. The van der Waals surface area contributed by atoms with Gasteiger partial charge in [0.05, 0.1) is 24.9 Å². The van der Waals surface area contributed by atoms with E-state index in [1.807, 2.05) is 0 Å². The Hall–Kier alpha value is -4.08. The number of halogens is 6. The van der Waals surface area contributed by atoms with Crippen molar-refractivity contribution in [2.45, 2.75) is 108 Å². The molecule has 0 aromatic heterocycles. The molecule has 17 heteroatoms. The Balaban J connectivity index is 0.000000326. The van der Waals surface area contributed by atoms with Crippen molar-refractivity contribution in [1.82, 2.24) is 10.2 Å². The maximum atomic E-state index is 13.9. The van der Waals surface area contributed by atoms with E-state index < -0.39 is 100 Å². The molecule has 4 fully saturated rings. The summed E-state index contributed by atoms with van der Waals surface area (Å²) in [7, 11) is 0. The second-order valence-electron chi connectivity index (χ2n) is 16.7. The van der Waals surface area contributed by atoms with Crippen LogP contribution in [0.1, 0.15) is 84.8 Å². The number of benzene rings is 2. The van der Waals surface area contributed by atoms with Crippen LogP contribution in [0, 0.1) is 35.1 Å². The van der Waals surface area contributed by atoms with Gasteiger partial charge in [-0.15, -0.1) is 24.8 Å². The number of nitrogens with zero attached hydrogens (tertiary/aromatic N) is 1. The number of carbonyl (C=O) groups is 6. The molecule has 2 heterocycles. The highest BCUT2D eigenvalue weighted by Crippen LogP contribution is 2.63. The molecule has 2 aromatic rings. The van der Waals surface area contributed by atoms with E-state index >= 15 is 0 Å². The van der Waals surface area contributed by atoms with Crippen molar-refractivity contribution in [2.24, 2.45) is 17.6 Å². The summed E-state index contributed by atoms with van der Waals surface area (Å²) >= 11 is 0. The maximum absolute atomic E-state index is 13.9. The number of primary amides is 1. The molecule has 0 bridgehead atoms. The van der Waals surface area contributed by atoms with Gasteiger partial charge in [-0.05, 0) is 102 Å². The zero-order valence-electron chi connectivity index (χ0n) is 31.8. The first-order valence-corrected chi connectivity index (χ1v) is 17.7. The number of hydrogen-bond donors (Lipinski definition) is 2. The standard InChI is InChI=1S/C25H31F2NO6.C14H14F2N2O2.2ClH/c1-23(2,3)33-20(31)11-17(29)10-19(30)21-18-12-25(18,14-7-15(26)9-16(27)8-14)13-28(21)22(32)34-24(4,5)6;15-8-1-7(2-9(16)3-8)14-5-10(14)13(18-6-14)11(19)4-12(17)20;;/h7-9,18,21H,10-13H2,1-6H3;1-3,10,13,18H,4-6H2,(H2,17,20);2*1H/t18-,21?,25+;10-,13?,14+;;/m00../s1. The van der Waals surface area contributed by atoms with E-state index in [-0.39, 0.29) is 54.9 Å². The van der Waals surface area contributed by atoms with Gasteiger partial charge in [0, 0.05) is 36.1 Å². The summed E-state index contributed by atoms with van der Waals surface area (Å²) in [6.07, 6.45) is -1.04. The van der Waals surface area contributed by atoms with Crippen LogP contribution in [0.25, 0.3) is 0 Å². The van der Waals surface area contributed by atoms with Gasteiger partial charge in [0.15, 0.2) is 17.3 Å². The number of ketones is 3. The van der Waals surface area contributed by atoms with E-state index in [0.717, 1.165) is 12.1 Å². The molecule has 6 rings (SSSR count). The second-order valence-corrected chi connectivity index (χ2v) is 16.7. The number of esters is 1. The Bertz CT molecular complexity index is 1860. The first-order chi connectivity index (χ1) is 24.9. The molecule has 2 aromatic carbocycles. The highest BCUT2D eigenvalue weighted by molar-refractivity contribution is 6.08. The van der Waals surface area contributed by atoms with Gasteiger partial charge >= 0.3 is 12.1 Å². The predicted octanol–water partition coefficient (Wildman–Crippen LogP) is 5.58. The third-order valence-corrected chi connectivity index (χ3v) is 10.1. The molecule has 2 amide bonds. The van der Waals surface area contributed by atoms with Gasteiger partial charge in [0.1, 0.15) is 40.9 Å². The van der Waals surface area contributed by atoms with E-state index in [0.29, 0.717) is 30.5 Å². The molecule has 308 valence electrons. The molecule has 2 aliphatic heterocycles. The SMILES string of the molecule is CC(C)(C)OC(=O)CC(=O)CC(=O)C1[C@@H]2C[C@]2(c2cc(F)cc(F)c2)CN1C(=O)OC(C)(C)C.Cl.Cl.NC(=O)CC(=O)C1NC[C@@]2(c3cc(F)cc(F)c3)C[C@@H]12. The van der Waals surface area contributed by atoms with Crippen molar-refractivity contribution >= 4 is 60.1 Å². The number of likely N-dealkylation sites (tertiary alicyclic amines) is 1. The van der Waals surface area contributed by atoms with Gasteiger partial charge in [-0.2, -0.15) is 0 Å². The van der Waals surface area contributed by atoms with Crippen LogP contribution in [-0.2, 0) is 44.3 Å². The quantitative estimate of drug-likeness (QED) is 0.177. The fraction of sp³-hybridized carbons (Fsp3) is 0.538. The molecule has 2 unspecified atom stereocenters. The Morgan fingerprint density at radius 3 is 1.66 bits per heavy atom. The number of piperidine rings is 2. The van der Waals surface area contributed by atoms with E-state index in [4.69, 9.17) is 15.2 Å². The summed E-state index contributed by atoms with van der Waals surface area (Å²) in [6, 6.07) is 5.18. The van der Waals surface area contributed by atoms with Crippen LogP contribution < -0.4 is 11.1 Å².